The van der Waals surface area contributed by atoms with Crippen LogP contribution in [-0.4, -0.2) is 31.9 Å². The van der Waals surface area contributed by atoms with Crippen molar-refractivity contribution in [3.05, 3.63) is 69.8 Å². The van der Waals surface area contributed by atoms with E-state index >= 15 is 0 Å². The topological polar surface area (TPSA) is 63.2 Å². The van der Waals surface area contributed by atoms with Crippen molar-refractivity contribution >= 4 is 5.97 Å². The van der Waals surface area contributed by atoms with Crippen LogP contribution in [0, 0.1) is 27.7 Å². The molecule has 0 aliphatic heterocycles. The number of hydrogen-bond acceptors (Lipinski definition) is 6. The summed E-state index contributed by atoms with van der Waals surface area (Å²) in [7, 11) is 0. The number of aryl methyl sites for hydroxylation is 4. The van der Waals surface area contributed by atoms with Crippen LogP contribution >= 0.6 is 0 Å². The smallest absolute Gasteiger partial charge is 0.338 e. The van der Waals surface area contributed by atoms with E-state index in [1.165, 1.54) is 11.1 Å². The first-order chi connectivity index (χ1) is 13.9. The number of ether oxygens (including phenoxy) is 1. The molecule has 0 N–H and O–H groups in total. The van der Waals surface area contributed by atoms with E-state index in [1.54, 1.807) is 19.1 Å². The maximum Gasteiger partial charge on any atom is 0.338 e. The molecule has 0 fully saturated rings. The predicted molar refractivity (Wildman–Crippen MR) is 109 cm³/mol. The molecular formula is C23H30O6. The SMILES string of the molecule is CCOOC(COOCc1ccc(C)c(C)c1)COC(=O)c1ccc(C)c(C)c1. The highest BCUT2D eigenvalue weighted by Gasteiger charge is 2.16. The molecule has 0 aromatic heterocycles. The molecule has 2 aromatic rings. The van der Waals surface area contributed by atoms with Crippen LogP contribution in [0.25, 0.3) is 0 Å². The molecular weight excluding hydrogens is 372 g/mol. The molecule has 1 unspecified atom stereocenters. The lowest BCUT2D eigenvalue weighted by molar-refractivity contribution is -0.371. The zero-order valence-corrected chi connectivity index (χ0v) is 17.8. The fourth-order valence-electron chi connectivity index (χ4n) is 2.52. The number of esters is 1. The van der Waals surface area contributed by atoms with Crippen molar-refractivity contribution in [1.29, 1.82) is 0 Å². The van der Waals surface area contributed by atoms with Crippen LogP contribution in [0.2, 0.25) is 0 Å². The van der Waals surface area contributed by atoms with Gasteiger partial charge in [0.2, 0.25) is 0 Å². The lowest BCUT2D eigenvalue weighted by Crippen LogP contribution is -2.27. The number of rotatable bonds is 11. The van der Waals surface area contributed by atoms with E-state index < -0.39 is 12.1 Å². The monoisotopic (exact) mass is 402 g/mol. The predicted octanol–water partition coefficient (Wildman–Crippen LogP) is 4.56. The number of hydrogen-bond donors (Lipinski definition) is 0. The summed E-state index contributed by atoms with van der Waals surface area (Å²) in [5.41, 5.74) is 6.08. The minimum atomic E-state index is -0.606. The zero-order chi connectivity index (χ0) is 21.2. The summed E-state index contributed by atoms with van der Waals surface area (Å²) in [6.07, 6.45) is -0.606. The largest absolute Gasteiger partial charge is 0.459 e. The van der Waals surface area contributed by atoms with Crippen molar-refractivity contribution in [3.8, 4) is 0 Å². The minimum absolute atomic E-state index is 0.0151. The second kappa shape index (κ2) is 11.7. The Kier molecular flexibility index (Phi) is 9.28. The van der Waals surface area contributed by atoms with Crippen molar-refractivity contribution in [3.63, 3.8) is 0 Å². The molecule has 6 nitrogen and oxygen atoms in total. The molecule has 0 aliphatic rings. The third-order valence-electron chi connectivity index (χ3n) is 4.60. The van der Waals surface area contributed by atoms with Gasteiger partial charge in [0.25, 0.3) is 0 Å². The first-order valence-corrected chi connectivity index (χ1v) is 9.74. The van der Waals surface area contributed by atoms with Crippen LogP contribution in [0.4, 0.5) is 0 Å². The molecule has 1 atom stereocenters. The van der Waals surface area contributed by atoms with Gasteiger partial charge in [0.1, 0.15) is 19.8 Å². The lowest BCUT2D eigenvalue weighted by atomic mass is 10.1. The molecule has 0 radical (unpaired) electrons. The van der Waals surface area contributed by atoms with Crippen LogP contribution in [0.1, 0.15) is 45.1 Å². The average molecular weight is 402 g/mol. The Morgan fingerprint density at radius 2 is 1.52 bits per heavy atom. The minimum Gasteiger partial charge on any atom is -0.459 e. The molecule has 29 heavy (non-hydrogen) atoms. The quantitative estimate of drug-likeness (QED) is 0.238. The number of benzene rings is 2. The summed E-state index contributed by atoms with van der Waals surface area (Å²) in [5, 5.41) is 0. The van der Waals surface area contributed by atoms with Gasteiger partial charge in [-0.25, -0.2) is 24.3 Å². The fraction of sp³-hybridized carbons (Fsp3) is 0.435. The summed E-state index contributed by atoms with van der Waals surface area (Å²) in [6, 6.07) is 11.5. The standard InChI is InChI=1S/C23H30O6/c1-6-26-29-22(14-25-23(24)21-10-8-17(3)19(5)12-21)15-28-27-13-20-9-7-16(2)18(4)11-20/h7-12,22H,6,13-15H2,1-5H3. The van der Waals surface area contributed by atoms with Gasteiger partial charge in [0, 0.05) is 0 Å². The molecule has 0 saturated heterocycles. The van der Waals surface area contributed by atoms with Gasteiger partial charge in [-0.2, -0.15) is 0 Å². The third-order valence-corrected chi connectivity index (χ3v) is 4.60. The van der Waals surface area contributed by atoms with Crippen molar-refractivity contribution in [1.82, 2.24) is 0 Å². The van der Waals surface area contributed by atoms with E-state index in [1.807, 2.05) is 32.0 Å². The Bertz CT molecular complexity index is 802. The van der Waals surface area contributed by atoms with Gasteiger partial charge in [-0.1, -0.05) is 24.3 Å². The van der Waals surface area contributed by atoms with E-state index in [0.717, 1.165) is 16.7 Å². The van der Waals surface area contributed by atoms with E-state index in [9.17, 15) is 4.79 Å². The highest BCUT2D eigenvalue weighted by atomic mass is 17.2. The number of carbonyl (C=O) groups is 1. The van der Waals surface area contributed by atoms with Crippen molar-refractivity contribution in [2.75, 3.05) is 19.8 Å². The summed E-state index contributed by atoms with van der Waals surface area (Å²) in [4.78, 5) is 33.0. The molecule has 0 saturated carbocycles. The Balaban J connectivity index is 1.80. The second-order valence-corrected chi connectivity index (χ2v) is 6.99. The lowest BCUT2D eigenvalue weighted by Gasteiger charge is -2.16. The van der Waals surface area contributed by atoms with Gasteiger partial charge in [0.15, 0.2) is 6.10 Å². The third kappa shape index (κ3) is 7.59. The number of carbonyl (C=O) groups excluding carboxylic acids is 1. The highest BCUT2D eigenvalue weighted by molar-refractivity contribution is 5.89. The van der Waals surface area contributed by atoms with E-state index in [-0.39, 0.29) is 13.2 Å². The van der Waals surface area contributed by atoms with Crippen molar-refractivity contribution < 1.29 is 29.1 Å². The Labute approximate surface area is 172 Å². The maximum absolute atomic E-state index is 12.3. The van der Waals surface area contributed by atoms with Gasteiger partial charge in [0.05, 0.1) is 12.2 Å². The van der Waals surface area contributed by atoms with Gasteiger partial charge in [-0.3, -0.25) is 0 Å². The van der Waals surface area contributed by atoms with Gasteiger partial charge in [-0.15, -0.1) is 0 Å². The van der Waals surface area contributed by atoms with Crippen molar-refractivity contribution in [2.24, 2.45) is 0 Å². The van der Waals surface area contributed by atoms with Crippen LogP contribution < -0.4 is 0 Å². The molecule has 6 heteroatoms. The molecule has 0 amide bonds. The summed E-state index contributed by atoms with van der Waals surface area (Å²) < 4.78 is 5.35. The maximum atomic E-state index is 12.3. The van der Waals surface area contributed by atoms with E-state index in [0.29, 0.717) is 18.8 Å². The summed E-state index contributed by atoms with van der Waals surface area (Å²) in [5.74, 6) is -0.422. The van der Waals surface area contributed by atoms with Crippen LogP contribution in [0.5, 0.6) is 0 Å². The Hall–Kier alpha value is -2.25. The first-order valence-electron chi connectivity index (χ1n) is 9.74. The molecule has 0 bridgehead atoms. The van der Waals surface area contributed by atoms with Crippen molar-refractivity contribution in [2.45, 2.75) is 47.3 Å². The van der Waals surface area contributed by atoms with E-state index in [4.69, 9.17) is 24.3 Å². The molecule has 2 aromatic carbocycles. The molecule has 0 aliphatic carbocycles. The normalized spacial score (nSPS) is 12.0. The van der Waals surface area contributed by atoms with Gasteiger partial charge in [-0.05, 0) is 74.6 Å². The molecule has 2 rings (SSSR count). The van der Waals surface area contributed by atoms with Gasteiger partial charge < -0.3 is 4.74 Å². The molecule has 158 valence electrons. The van der Waals surface area contributed by atoms with E-state index in [2.05, 4.69) is 19.9 Å². The Morgan fingerprint density at radius 3 is 2.17 bits per heavy atom. The molecule has 0 spiro atoms. The molecule has 0 heterocycles. The van der Waals surface area contributed by atoms with Crippen LogP contribution in [0.15, 0.2) is 36.4 Å². The second-order valence-electron chi connectivity index (χ2n) is 6.99. The average Bonchev–Trinajstić information content (AvgIpc) is 2.71. The zero-order valence-electron chi connectivity index (χ0n) is 17.8. The highest BCUT2D eigenvalue weighted by Crippen LogP contribution is 2.12. The fourth-order valence-corrected chi connectivity index (χ4v) is 2.52. The summed E-state index contributed by atoms with van der Waals surface area (Å²) in [6.45, 7) is 10.6. The first kappa shape index (κ1) is 23.0. The summed E-state index contributed by atoms with van der Waals surface area (Å²) >= 11 is 0. The van der Waals surface area contributed by atoms with Gasteiger partial charge >= 0.3 is 5.97 Å². The van der Waals surface area contributed by atoms with Crippen LogP contribution in [-0.2, 0) is 30.9 Å². The Morgan fingerprint density at radius 1 is 0.828 bits per heavy atom. The van der Waals surface area contributed by atoms with Crippen LogP contribution in [0.3, 0.4) is 0 Å².